The van der Waals surface area contributed by atoms with Gasteiger partial charge in [0.25, 0.3) is 0 Å². The molecule has 1 aliphatic carbocycles. The summed E-state index contributed by atoms with van der Waals surface area (Å²) in [5.41, 5.74) is -0.424. The van der Waals surface area contributed by atoms with Crippen LogP contribution in [0.15, 0.2) is 34.1 Å². The van der Waals surface area contributed by atoms with Crippen molar-refractivity contribution in [3.8, 4) is 0 Å². The predicted octanol–water partition coefficient (Wildman–Crippen LogP) is 1.23. The maximum absolute atomic E-state index is 12.1. The van der Waals surface area contributed by atoms with Crippen molar-refractivity contribution in [3.05, 3.63) is 56.1 Å². The van der Waals surface area contributed by atoms with Gasteiger partial charge in [-0.25, -0.2) is 0 Å². The van der Waals surface area contributed by atoms with Gasteiger partial charge in [0.2, 0.25) is 0 Å². The van der Waals surface area contributed by atoms with Gasteiger partial charge in [0, 0.05) is 18.4 Å². The fraction of sp³-hybridized carbons (Fsp3) is 0.385. The van der Waals surface area contributed by atoms with Gasteiger partial charge >= 0.3 is 11.1 Å². The Kier molecular flexibility index (Phi) is 3.40. The summed E-state index contributed by atoms with van der Waals surface area (Å²) >= 11 is 5.65. The topological polar surface area (TPSA) is 69.8 Å². The lowest BCUT2D eigenvalue weighted by Gasteiger charge is -2.27. The highest BCUT2D eigenvalue weighted by molar-refractivity contribution is 6.29. The molecule has 3 rings (SSSR count). The summed E-state index contributed by atoms with van der Waals surface area (Å²) in [4.78, 5) is 24.1. The lowest BCUT2D eigenvalue weighted by Crippen LogP contribution is -2.43. The Hall–Kier alpha value is -1.95. The maximum atomic E-state index is 12.1. The Morgan fingerprint density at radius 1 is 1.15 bits per heavy atom. The highest BCUT2D eigenvalue weighted by atomic mass is 35.5. The van der Waals surface area contributed by atoms with Crippen LogP contribution < -0.4 is 11.1 Å². The van der Waals surface area contributed by atoms with Crippen LogP contribution in [0.4, 0.5) is 0 Å². The Balaban J connectivity index is 1.91. The molecule has 0 radical (unpaired) electrons. The lowest BCUT2D eigenvalue weighted by molar-refractivity contribution is 0.303. The van der Waals surface area contributed by atoms with Crippen molar-refractivity contribution < 1.29 is 0 Å². The molecule has 1 aliphatic rings. The fourth-order valence-electron chi connectivity index (χ4n) is 2.20. The van der Waals surface area contributed by atoms with Gasteiger partial charge in [-0.1, -0.05) is 11.6 Å². The van der Waals surface area contributed by atoms with Crippen LogP contribution in [0.5, 0.6) is 0 Å². The zero-order valence-electron chi connectivity index (χ0n) is 10.7. The van der Waals surface area contributed by atoms with E-state index in [1.165, 1.54) is 9.13 Å². The third-order valence-corrected chi connectivity index (χ3v) is 3.77. The summed E-state index contributed by atoms with van der Waals surface area (Å²) in [5, 5.41) is 7.88. The molecule has 0 unspecified atom stereocenters. The number of hydrogen-bond donors (Lipinski definition) is 0. The molecule has 0 amide bonds. The van der Waals surface area contributed by atoms with Crippen LogP contribution in [-0.4, -0.2) is 19.3 Å². The lowest BCUT2D eigenvalue weighted by atomic mass is 9.93. The molecular weight excluding hydrogens is 280 g/mol. The molecule has 0 aromatic carbocycles. The van der Waals surface area contributed by atoms with E-state index in [-0.39, 0.29) is 12.6 Å². The van der Waals surface area contributed by atoms with Crippen LogP contribution in [0.2, 0.25) is 5.15 Å². The van der Waals surface area contributed by atoms with Crippen LogP contribution in [0, 0.1) is 0 Å². The summed E-state index contributed by atoms with van der Waals surface area (Å²) in [6, 6.07) is 3.46. The van der Waals surface area contributed by atoms with E-state index < -0.39 is 11.1 Å². The molecule has 0 aliphatic heterocycles. The molecule has 104 valence electrons. The van der Waals surface area contributed by atoms with Gasteiger partial charge in [0.15, 0.2) is 5.15 Å². The molecule has 7 heteroatoms. The molecule has 6 nitrogen and oxygen atoms in total. The van der Waals surface area contributed by atoms with Crippen molar-refractivity contribution in [1.29, 1.82) is 0 Å². The van der Waals surface area contributed by atoms with Crippen molar-refractivity contribution in [2.24, 2.45) is 0 Å². The van der Waals surface area contributed by atoms with Gasteiger partial charge in [-0.05, 0) is 31.4 Å². The van der Waals surface area contributed by atoms with Crippen LogP contribution in [0.1, 0.15) is 31.0 Å². The first-order chi connectivity index (χ1) is 9.65. The average Bonchev–Trinajstić information content (AvgIpc) is 2.39. The van der Waals surface area contributed by atoms with Crippen LogP contribution in [0.25, 0.3) is 0 Å². The highest BCUT2D eigenvalue weighted by Crippen LogP contribution is 2.29. The highest BCUT2D eigenvalue weighted by Gasteiger charge is 2.21. The summed E-state index contributed by atoms with van der Waals surface area (Å²) in [5.74, 6) is 0. The van der Waals surface area contributed by atoms with Crippen LogP contribution in [-0.2, 0) is 6.54 Å². The van der Waals surface area contributed by atoms with E-state index in [0.717, 1.165) is 19.3 Å². The molecule has 1 fully saturated rings. The van der Waals surface area contributed by atoms with Crippen molar-refractivity contribution in [2.75, 3.05) is 0 Å². The predicted molar refractivity (Wildman–Crippen MR) is 74.0 cm³/mol. The summed E-state index contributed by atoms with van der Waals surface area (Å²) in [6.07, 6.45) is 6.34. The Morgan fingerprint density at radius 3 is 2.55 bits per heavy atom. The number of nitrogens with zero attached hydrogens (tertiary/aromatic N) is 4. The summed E-state index contributed by atoms with van der Waals surface area (Å²) in [7, 11) is 0. The van der Waals surface area contributed by atoms with E-state index in [4.69, 9.17) is 11.6 Å². The molecule has 2 aromatic heterocycles. The molecule has 0 N–H and O–H groups in total. The molecule has 0 atom stereocenters. The second kappa shape index (κ2) is 5.20. The van der Waals surface area contributed by atoms with E-state index in [0.29, 0.717) is 10.8 Å². The monoisotopic (exact) mass is 292 g/mol. The van der Waals surface area contributed by atoms with Crippen molar-refractivity contribution in [3.63, 3.8) is 0 Å². The molecular formula is C13H13ClN4O2. The first kappa shape index (κ1) is 13.1. The van der Waals surface area contributed by atoms with Gasteiger partial charge in [0.05, 0.1) is 12.2 Å². The molecule has 2 heterocycles. The van der Waals surface area contributed by atoms with E-state index >= 15 is 0 Å². The minimum Gasteiger partial charge on any atom is -0.306 e. The third-order valence-electron chi connectivity index (χ3n) is 3.57. The van der Waals surface area contributed by atoms with E-state index in [9.17, 15) is 9.59 Å². The third kappa shape index (κ3) is 2.38. The first-order valence-corrected chi connectivity index (χ1v) is 6.82. The Morgan fingerprint density at radius 2 is 1.95 bits per heavy atom. The SMILES string of the molecule is O=c1c(=O)n(C2CCC2)ccn1Cc1ccc(Cl)nn1. The second-order valence-electron chi connectivity index (χ2n) is 4.88. The molecule has 2 aromatic rings. The summed E-state index contributed by atoms with van der Waals surface area (Å²) in [6.45, 7) is 0.212. The van der Waals surface area contributed by atoms with Crippen molar-refractivity contribution >= 4 is 11.6 Å². The standard InChI is InChI=1S/C13H13ClN4O2/c14-11-5-4-9(15-16-11)8-17-6-7-18(10-2-1-3-10)13(20)12(17)19/h4-7,10H,1-3,8H2. The van der Waals surface area contributed by atoms with Gasteiger partial charge in [-0.2, -0.15) is 5.10 Å². The minimum absolute atomic E-state index is 0.181. The zero-order chi connectivity index (χ0) is 14.1. The van der Waals surface area contributed by atoms with E-state index in [2.05, 4.69) is 10.2 Å². The average molecular weight is 293 g/mol. The molecule has 0 spiro atoms. The van der Waals surface area contributed by atoms with E-state index in [1.807, 2.05) is 0 Å². The number of rotatable bonds is 3. The van der Waals surface area contributed by atoms with E-state index in [1.54, 1.807) is 24.5 Å². The number of hydrogen-bond acceptors (Lipinski definition) is 4. The molecule has 0 bridgehead atoms. The Bertz CT molecular complexity index is 731. The van der Waals surface area contributed by atoms with Gasteiger partial charge in [0.1, 0.15) is 0 Å². The number of halogens is 1. The van der Waals surface area contributed by atoms with Crippen LogP contribution >= 0.6 is 11.6 Å². The van der Waals surface area contributed by atoms with Gasteiger partial charge < -0.3 is 9.13 Å². The summed E-state index contributed by atoms with van der Waals surface area (Å²) < 4.78 is 2.88. The van der Waals surface area contributed by atoms with Crippen molar-refractivity contribution in [2.45, 2.75) is 31.8 Å². The fourth-order valence-corrected chi connectivity index (χ4v) is 2.30. The smallest absolute Gasteiger partial charge is 0.306 e. The van der Waals surface area contributed by atoms with Gasteiger partial charge in [-0.3, -0.25) is 9.59 Å². The number of aromatic nitrogens is 4. The second-order valence-corrected chi connectivity index (χ2v) is 5.26. The largest absolute Gasteiger partial charge is 0.316 e. The van der Waals surface area contributed by atoms with Gasteiger partial charge in [-0.15, -0.1) is 5.10 Å². The molecule has 20 heavy (non-hydrogen) atoms. The molecule has 1 saturated carbocycles. The first-order valence-electron chi connectivity index (χ1n) is 6.45. The maximum Gasteiger partial charge on any atom is 0.316 e. The van der Waals surface area contributed by atoms with Crippen molar-refractivity contribution in [1.82, 2.24) is 19.3 Å². The Labute approximate surface area is 119 Å². The normalized spacial score (nSPS) is 15.1. The minimum atomic E-state index is -0.531. The zero-order valence-corrected chi connectivity index (χ0v) is 11.5. The van der Waals surface area contributed by atoms with Crippen LogP contribution in [0.3, 0.4) is 0 Å². The molecule has 0 saturated heterocycles. The quantitative estimate of drug-likeness (QED) is 0.798.